The van der Waals surface area contributed by atoms with Crippen molar-refractivity contribution in [2.75, 3.05) is 5.73 Å². The molecule has 0 heterocycles. The van der Waals surface area contributed by atoms with Crippen molar-refractivity contribution in [3.05, 3.63) is 29.6 Å². The summed E-state index contributed by atoms with van der Waals surface area (Å²) >= 11 is 0. The summed E-state index contributed by atoms with van der Waals surface area (Å²) < 4.78 is 12.9. The summed E-state index contributed by atoms with van der Waals surface area (Å²) in [6, 6.07) is 4.58. The molecule has 0 saturated carbocycles. The summed E-state index contributed by atoms with van der Waals surface area (Å²) in [6.07, 6.45) is 0.421. The normalized spacial score (nSPS) is 11.7. The van der Waals surface area contributed by atoms with Crippen LogP contribution in [0.4, 0.5) is 10.1 Å². The smallest absolute Gasteiger partial charge is 0.146 e. The molecular weight excluding hydrogens is 169 g/mol. The maximum atomic E-state index is 12.9. The minimum atomic E-state index is -0.817. The summed E-state index contributed by atoms with van der Waals surface area (Å²) in [5, 5.41) is 9.48. The highest BCUT2D eigenvalue weighted by Gasteiger charge is 2.13. The molecule has 2 nitrogen and oxygen atoms in total. The highest BCUT2D eigenvalue weighted by atomic mass is 19.1. The molecule has 3 heteroatoms. The molecule has 0 fully saturated rings. The number of benzene rings is 1. The van der Waals surface area contributed by atoms with Crippen molar-refractivity contribution >= 4 is 5.69 Å². The van der Waals surface area contributed by atoms with Crippen LogP contribution in [0.15, 0.2) is 18.2 Å². The zero-order chi connectivity index (χ0) is 10.1. The third kappa shape index (κ3) is 3.03. The average molecular weight is 183 g/mol. The van der Waals surface area contributed by atoms with Crippen molar-refractivity contribution < 1.29 is 9.50 Å². The van der Waals surface area contributed by atoms with Gasteiger partial charge in [0.15, 0.2) is 0 Å². The fourth-order valence-corrected chi connectivity index (χ4v) is 1.18. The van der Waals surface area contributed by atoms with E-state index in [2.05, 4.69) is 0 Å². The van der Waals surface area contributed by atoms with E-state index in [4.69, 9.17) is 5.73 Å². The van der Waals surface area contributed by atoms with Crippen molar-refractivity contribution in [3.8, 4) is 0 Å². The number of nitrogen functional groups attached to an aromatic ring is 1. The Bertz CT molecular complexity index is 304. The number of aliphatic hydroxyl groups is 1. The molecule has 0 aliphatic heterocycles. The maximum Gasteiger partial charge on any atom is 0.146 e. The largest absolute Gasteiger partial charge is 0.396 e. The van der Waals surface area contributed by atoms with Gasteiger partial charge in [-0.3, -0.25) is 0 Å². The van der Waals surface area contributed by atoms with Crippen LogP contribution in [-0.4, -0.2) is 10.7 Å². The number of nitrogens with two attached hydrogens (primary N) is 1. The van der Waals surface area contributed by atoms with Crippen molar-refractivity contribution in [3.63, 3.8) is 0 Å². The van der Waals surface area contributed by atoms with Gasteiger partial charge >= 0.3 is 0 Å². The zero-order valence-corrected chi connectivity index (χ0v) is 7.84. The van der Waals surface area contributed by atoms with E-state index in [0.717, 1.165) is 5.56 Å². The second kappa shape index (κ2) is 3.34. The molecule has 0 saturated heterocycles. The molecule has 0 aromatic heterocycles. The summed E-state index contributed by atoms with van der Waals surface area (Å²) in [5.41, 5.74) is 5.39. The van der Waals surface area contributed by atoms with E-state index in [1.165, 1.54) is 12.1 Å². The first kappa shape index (κ1) is 9.99. The Morgan fingerprint density at radius 1 is 1.46 bits per heavy atom. The Balaban J connectivity index is 2.86. The molecule has 0 spiro atoms. The first-order chi connectivity index (χ1) is 5.88. The van der Waals surface area contributed by atoms with Gasteiger partial charge in [0.05, 0.1) is 11.3 Å². The third-order valence-electron chi connectivity index (χ3n) is 1.70. The number of hydrogen-bond donors (Lipinski definition) is 2. The molecule has 1 aromatic rings. The topological polar surface area (TPSA) is 46.2 Å². The lowest BCUT2D eigenvalue weighted by Gasteiger charge is -2.16. The monoisotopic (exact) mass is 183 g/mol. The molecule has 1 rings (SSSR count). The van der Waals surface area contributed by atoms with Gasteiger partial charge in [-0.25, -0.2) is 4.39 Å². The Labute approximate surface area is 77.2 Å². The molecule has 13 heavy (non-hydrogen) atoms. The Hall–Kier alpha value is -1.09. The van der Waals surface area contributed by atoms with Gasteiger partial charge in [-0.05, 0) is 31.5 Å². The van der Waals surface area contributed by atoms with Crippen LogP contribution in [0.1, 0.15) is 19.4 Å². The maximum absolute atomic E-state index is 12.9. The lowest BCUT2D eigenvalue weighted by Crippen LogP contribution is -2.21. The third-order valence-corrected chi connectivity index (χ3v) is 1.70. The van der Waals surface area contributed by atoms with E-state index in [1.807, 2.05) is 0 Å². The van der Waals surface area contributed by atoms with Crippen LogP contribution in [0.2, 0.25) is 0 Å². The standard InChI is InChI=1S/C10H14FNO/c1-10(2,13)6-7-3-4-9(12)8(11)5-7/h3-5,13H,6,12H2,1-2H3. The molecule has 0 bridgehead atoms. The Kier molecular flexibility index (Phi) is 2.57. The molecule has 1 aromatic carbocycles. The van der Waals surface area contributed by atoms with Gasteiger partial charge in [-0.2, -0.15) is 0 Å². The van der Waals surface area contributed by atoms with Crippen molar-refractivity contribution in [2.45, 2.75) is 25.9 Å². The molecule has 0 radical (unpaired) electrons. The minimum Gasteiger partial charge on any atom is -0.396 e. The van der Waals surface area contributed by atoms with Gasteiger partial charge in [0.2, 0.25) is 0 Å². The predicted molar refractivity (Wildman–Crippen MR) is 50.8 cm³/mol. The van der Waals surface area contributed by atoms with Crippen molar-refractivity contribution in [2.24, 2.45) is 0 Å². The van der Waals surface area contributed by atoms with E-state index < -0.39 is 11.4 Å². The van der Waals surface area contributed by atoms with Gasteiger partial charge < -0.3 is 10.8 Å². The predicted octanol–water partition coefficient (Wildman–Crippen LogP) is 1.72. The summed E-state index contributed by atoms with van der Waals surface area (Å²) in [5.74, 6) is -0.429. The van der Waals surface area contributed by atoms with Crippen LogP contribution in [0.3, 0.4) is 0 Å². The summed E-state index contributed by atoms with van der Waals surface area (Å²) in [6.45, 7) is 3.36. The SMILES string of the molecule is CC(C)(O)Cc1ccc(N)c(F)c1. The van der Waals surface area contributed by atoms with Crippen molar-refractivity contribution in [1.82, 2.24) is 0 Å². The molecule has 0 aliphatic rings. The molecular formula is C10H14FNO. The second-order valence-corrected chi connectivity index (χ2v) is 3.85. The average Bonchev–Trinajstić information content (AvgIpc) is 1.94. The number of anilines is 1. The van der Waals surface area contributed by atoms with Gasteiger partial charge in [0, 0.05) is 6.42 Å². The minimum absolute atomic E-state index is 0.138. The van der Waals surface area contributed by atoms with Crippen LogP contribution >= 0.6 is 0 Å². The van der Waals surface area contributed by atoms with E-state index in [1.54, 1.807) is 19.9 Å². The van der Waals surface area contributed by atoms with E-state index in [-0.39, 0.29) is 5.69 Å². The van der Waals surface area contributed by atoms with E-state index in [9.17, 15) is 9.50 Å². The number of halogens is 1. The molecule has 0 amide bonds. The fraction of sp³-hybridized carbons (Fsp3) is 0.400. The Morgan fingerprint density at radius 3 is 2.54 bits per heavy atom. The quantitative estimate of drug-likeness (QED) is 0.686. The van der Waals surface area contributed by atoms with Crippen LogP contribution < -0.4 is 5.73 Å². The Morgan fingerprint density at radius 2 is 2.08 bits per heavy atom. The molecule has 0 unspecified atom stereocenters. The highest BCUT2D eigenvalue weighted by molar-refractivity contribution is 5.41. The van der Waals surface area contributed by atoms with E-state index >= 15 is 0 Å². The lowest BCUT2D eigenvalue weighted by molar-refractivity contribution is 0.0809. The molecule has 72 valence electrons. The molecule has 3 N–H and O–H groups in total. The van der Waals surface area contributed by atoms with Crippen LogP contribution in [0.5, 0.6) is 0 Å². The van der Waals surface area contributed by atoms with Crippen molar-refractivity contribution in [1.29, 1.82) is 0 Å². The lowest BCUT2D eigenvalue weighted by atomic mass is 9.98. The van der Waals surface area contributed by atoms with Gasteiger partial charge in [0.1, 0.15) is 5.82 Å². The van der Waals surface area contributed by atoms with Gasteiger partial charge in [-0.15, -0.1) is 0 Å². The summed E-state index contributed by atoms with van der Waals surface area (Å²) in [4.78, 5) is 0. The van der Waals surface area contributed by atoms with Crippen LogP contribution in [0.25, 0.3) is 0 Å². The van der Waals surface area contributed by atoms with Gasteiger partial charge in [0.25, 0.3) is 0 Å². The first-order valence-corrected chi connectivity index (χ1v) is 4.15. The first-order valence-electron chi connectivity index (χ1n) is 4.15. The molecule has 0 aliphatic carbocycles. The van der Waals surface area contributed by atoms with Crippen LogP contribution in [0, 0.1) is 5.82 Å². The van der Waals surface area contributed by atoms with E-state index in [0.29, 0.717) is 6.42 Å². The molecule has 0 atom stereocenters. The highest BCUT2D eigenvalue weighted by Crippen LogP contribution is 2.16. The number of hydrogen-bond acceptors (Lipinski definition) is 2. The second-order valence-electron chi connectivity index (χ2n) is 3.85. The van der Waals surface area contributed by atoms with Crippen LogP contribution in [-0.2, 0) is 6.42 Å². The summed E-state index contributed by atoms with van der Waals surface area (Å²) in [7, 11) is 0. The zero-order valence-electron chi connectivity index (χ0n) is 7.84. The van der Waals surface area contributed by atoms with Gasteiger partial charge in [-0.1, -0.05) is 6.07 Å². The fourth-order valence-electron chi connectivity index (χ4n) is 1.18. The number of rotatable bonds is 2.